The van der Waals surface area contributed by atoms with Crippen LogP contribution in [0.5, 0.6) is 11.5 Å². The summed E-state index contributed by atoms with van der Waals surface area (Å²) in [5.74, 6) is -2.83. The smallest absolute Gasteiger partial charge is 0.335 e. The number of pyridine rings is 1. The van der Waals surface area contributed by atoms with Crippen molar-refractivity contribution in [1.29, 1.82) is 0 Å². The van der Waals surface area contributed by atoms with E-state index in [0.29, 0.717) is 5.56 Å². The monoisotopic (exact) mass is 475 g/mol. The van der Waals surface area contributed by atoms with E-state index >= 15 is 0 Å². The second kappa shape index (κ2) is 8.49. The average Bonchev–Trinajstić information content (AvgIpc) is 2.83. The van der Waals surface area contributed by atoms with E-state index in [0.717, 1.165) is 0 Å². The number of nitrogens with zero attached hydrogens (tertiary/aromatic N) is 1. The lowest BCUT2D eigenvalue weighted by atomic mass is 9.89. The van der Waals surface area contributed by atoms with Crippen molar-refractivity contribution in [2.45, 2.75) is 6.92 Å². The number of nitrogens with two attached hydrogens (primary N) is 2. The van der Waals surface area contributed by atoms with E-state index in [-0.39, 0.29) is 67.8 Å². The van der Waals surface area contributed by atoms with Gasteiger partial charge in [0.25, 0.3) is 0 Å². The van der Waals surface area contributed by atoms with Gasteiger partial charge in [0, 0.05) is 22.4 Å². The maximum atomic E-state index is 12.8. The normalized spacial score (nSPS) is 13.0. The van der Waals surface area contributed by atoms with Gasteiger partial charge in [0.2, 0.25) is 11.6 Å². The van der Waals surface area contributed by atoms with E-state index in [2.05, 4.69) is 4.98 Å². The Balaban J connectivity index is 2.00. The summed E-state index contributed by atoms with van der Waals surface area (Å²) in [6, 6.07) is 8.91. The van der Waals surface area contributed by atoms with E-state index in [1.807, 2.05) is 0 Å². The minimum atomic E-state index is -1.23. The Labute approximate surface area is 199 Å². The van der Waals surface area contributed by atoms with Gasteiger partial charge >= 0.3 is 5.97 Å². The number of aromatic hydroxyl groups is 1. The fourth-order valence-electron chi connectivity index (χ4n) is 4.12. The molecule has 6 N–H and O–H groups in total. The zero-order valence-corrected chi connectivity index (χ0v) is 19.0. The molecule has 3 aromatic rings. The minimum absolute atomic E-state index is 0.000366. The number of methoxy groups -OCH3 is 2. The molecule has 10 heteroatoms. The number of para-hydroxylation sites is 1. The number of carbonyl (C=O) groups is 3. The van der Waals surface area contributed by atoms with Crippen molar-refractivity contribution in [3.05, 3.63) is 70.2 Å². The van der Waals surface area contributed by atoms with E-state index < -0.39 is 17.5 Å². The van der Waals surface area contributed by atoms with Crippen molar-refractivity contribution in [3.63, 3.8) is 0 Å². The highest BCUT2D eigenvalue weighted by molar-refractivity contribution is 6.25. The highest BCUT2D eigenvalue weighted by Gasteiger charge is 2.34. The van der Waals surface area contributed by atoms with Crippen LogP contribution in [0.4, 0.5) is 5.69 Å². The van der Waals surface area contributed by atoms with Crippen LogP contribution in [-0.2, 0) is 4.74 Å². The summed E-state index contributed by atoms with van der Waals surface area (Å²) in [5.41, 5.74) is 12.9. The number of nitrogen functional groups attached to an aromatic ring is 1. The number of aromatic carboxylic acids is 1. The summed E-state index contributed by atoms with van der Waals surface area (Å²) in [6.45, 7) is 1.57. The average molecular weight is 475 g/mol. The number of carboxylic acids is 1. The number of ether oxygens (including phenoxy) is 2. The maximum Gasteiger partial charge on any atom is 0.335 e. The van der Waals surface area contributed by atoms with Crippen molar-refractivity contribution < 1.29 is 34.1 Å². The number of carbonyl (C=O) groups excluding carboxylic acids is 2. The largest absolute Gasteiger partial charge is 0.504 e. The zero-order valence-electron chi connectivity index (χ0n) is 19.0. The molecule has 10 nitrogen and oxygen atoms in total. The molecule has 4 rings (SSSR count). The van der Waals surface area contributed by atoms with Crippen molar-refractivity contribution in [1.82, 2.24) is 4.98 Å². The van der Waals surface area contributed by atoms with E-state index in [1.165, 1.54) is 32.4 Å². The van der Waals surface area contributed by atoms with Gasteiger partial charge in [0.05, 0.1) is 31.0 Å². The van der Waals surface area contributed by atoms with Gasteiger partial charge < -0.3 is 31.2 Å². The summed E-state index contributed by atoms with van der Waals surface area (Å²) in [6.07, 6.45) is 0. The summed E-state index contributed by atoms with van der Waals surface area (Å²) in [4.78, 5) is 41.8. The molecule has 0 saturated carbocycles. The first-order chi connectivity index (χ1) is 16.6. The van der Waals surface area contributed by atoms with Crippen LogP contribution in [0.1, 0.15) is 36.8 Å². The van der Waals surface area contributed by atoms with E-state index in [9.17, 15) is 24.6 Å². The first-order valence-corrected chi connectivity index (χ1v) is 10.3. The number of ketones is 2. The Kier molecular flexibility index (Phi) is 5.65. The minimum Gasteiger partial charge on any atom is -0.504 e. The molecule has 2 aromatic carbocycles. The van der Waals surface area contributed by atoms with Gasteiger partial charge in [-0.25, -0.2) is 9.78 Å². The van der Waals surface area contributed by atoms with Crippen LogP contribution in [0, 0.1) is 6.92 Å². The van der Waals surface area contributed by atoms with Gasteiger partial charge in [-0.1, -0.05) is 12.1 Å². The summed E-state index contributed by atoms with van der Waals surface area (Å²) >= 11 is 0. The second-order valence-corrected chi connectivity index (χ2v) is 7.74. The predicted octanol–water partition coefficient (Wildman–Crippen LogP) is 2.91. The van der Waals surface area contributed by atoms with Gasteiger partial charge in [0.15, 0.2) is 17.3 Å². The molecule has 0 spiro atoms. The number of phenolic OH excluding ortho intramolecular Hbond substituents is 1. The van der Waals surface area contributed by atoms with Gasteiger partial charge in [-0.05, 0) is 36.8 Å². The number of hydrogen-bond acceptors (Lipinski definition) is 9. The predicted molar refractivity (Wildman–Crippen MR) is 126 cm³/mol. The van der Waals surface area contributed by atoms with E-state index in [1.54, 1.807) is 25.1 Å². The molecule has 0 amide bonds. The Morgan fingerprint density at radius 2 is 1.69 bits per heavy atom. The molecule has 0 atom stereocenters. The fourth-order valence-corrected chi connectivity index (χ4v) is 4.12. The Bertz CT molecular complexity index is 1470. The topological polar surface area (TPSA) is 175 Å². The van der Waals surface area contributed by atoms with Crippen molar-refractivity contribution in [2.24, 2.45) is 5.73 Å². The molecule has 0 bridgehead atoms. The summed E-state index contributed by atoms with van der Waals surface area (Å²) in [5, 5.41) is 20.6. The molecular weight excluding hydrogens is 454 g/mol. The number of aromatic nitrogens is 1. The first-order valence-electron chi connectivity index (χ1n) is 10.3. The number of phenols is 1. The lowest BCUT2D eigenvalue weighted by Gasteiger charge is -2.20. The van der Waals surface area contributed by atoms with Crippen LogP contribution < -0.4 is 16.2 Å². The number of rotatable bonds is 5. The lowest BCUT2D eigenvalue weighted by Crippen LogP contribution is -2.28. The number of benzene rings is 2. The maximum absolute atomic E-state index is 12.8. The number of allylic oxidation sites excluding steroid dienone is 2. The van der Waals surface area contributed by atoms with Crippen molar-refractivity contribution in [3.8, 4) is 33.9 Å². The molecule has 1 aliphatic rings. The summed E-state index contributed by atoms with van der Waals surface area (Å²) < 4.78 is 10.1. The summed E-state index contributed by atoms with van der Waals surface area (Å²) in [7, 11) is 2.62. The van der Waals surface area contributed by atoms with Gasteiger partial charge in [0.1, 0.15) is 11.4 Å². The molecule has 0 fully saturated rings. The molecule has 35 heavy (non-hydrogen) atoms. The Hall–Kier alpha value is -4.86. The number of carboxylic acid groups (broad SMARTS) is 1. The molecule has 1 aliphatic carbocycles. The van der Waals surface area contributed by atoms with Crippen molar-refractivity contribution in [2.75, 3.05) is 20.0 Å². The highest BCUT2D eigenvalue weighted by atomic mass is 16.5. The molecule has 0 radical (unpaired) electrons. The Morgan fingerprint density at radius 3 is 2.31 bits per heavy atom. The highest BCUT2D eigenvalue weighted by Crippen LogP contribution is 2.45. The van der Waals surface area contributed by atoms with Crippen LogP contribution in [0.25, 0.3) is 22.4 Å². The zero-order chi connectivity index (χ0) is 25.6. The van der Waals surface area contributed by atoms with Crippen LogP contribution in [0.2, 0.25) is 0 Å². The lowest BCUT2D eigenvalue weighted by molar-refractivity contribution is 0.0695. The first kappa shape index (κ1) is 23.3. The van der Waals surface area contributed by atoms with Crippen LogP contribution in [0.3, 0.4) is 0 Å². The quantitative estimate of drug-likeness (QED) is 0.401. The molecule has 0 saturated heterocycles. The molecule has 0 unspecified atom stereocenters. The van der Waals surface area contributed by atoms with Crippen LogP contribution >= 0.6 is 0 Å². The molecule has 1 aromatic heterocycles. The van der Waals surface area contributed by atoms with Crippen LogP contribution in [0.15, 0.2) is 47.9 Å². The third kappa shape index (κ3) is 3.52. The third-order valence-corrected chi connectivity index (χ3v) is 5.88. The third-order valence-electron chi connectivity index (χ3n) is 5.88. The van der Waals surface area contributed by atoms with Gasteiger partial charge in [-0.2, -0.15) is 0 Å². The second-order valence-electron chi connectivity index (χ2n) is 7.74. The number of Topliss-reactive ketones (excluding diaryl/α,β-unsaturated/α-hetero) is 2. The van der Waals surface area contributed by atoms with Gasteiger partial charge in [-0.3, -0.25) is 9.59 Å². The molecule has 178 valence electrons. The standard InChI is InChI=1S/C25H21N3O7/c1-10-13(25(32)33)9-14(18(26)17(10)11-5-4-6-16(34-2)21(11)29)15-8-7-12-20(28-15)23(31)19(27)24(35-3)22(12)30/h4-9,29H,26-27H2,1-3H3,(H,32,33). The fraction of sp³-hybridized carbons (Fsp3) is 0.120. The SMILES string of the molecule is COC1=C(N)C(=O)c2nc(-c3cc(C(=O)O)c(C)c(-c4cccc(OC)c4O)c3N)ccc2C1=O. The van der Waals surface area contributed by atoms with Crippen LogP contribution in [-0.4, -0.2) is 47.0 Å². The molecular formula is C25H21N3O7. The number of fused-ring (bicyclic) bond motifs is 1. The van der Waals surface area contributed by atoms with Crippen molar-refractivity contribution >= 4 is 23.2 Å². The molecule has 1 heterocycles. The number of anilines is 1. The van der Waals surface area contributed by atoms with Gasteiger partial charge in [-0.15, -0.1) is 0 Å². The number of hydrogen-bond donors (Lipinski definition) is 4. The molecule has 0 aliphatic heterocycles. The van der Waals surface area contributed by atoms with E-state index in [4.69, 9.17) is 20.9 Å². The Morgan fingerprint density at radius 1 is 0.971 bits per heavy atom.